The van der Waals surface area contributed by atoms with Gasteiger partial charge in [-0.25, -0.2) is 0 Å². The van der Waals surface area contributed by atoms with Crippen molar-refractivity contribution in [3.05, 3.63) is 34.4 Å². The Balaban J connectivity index is 2.44. The molecule has 1 aromatic carbocycles. The van der Waals surface area contributed by atoms with E-state index in [0.29, 0.717) is 12.8 Å². The summed E-state index contributed by atoms with van der Waals surface area (Å²) in [6.07, 6.45) is 2.64. The molecule has 126 valence electrons. The average Bonchev–Trinajstić information content (AvgIpc) is 2.93. The maximum absolute atomic E-state index is 12.5. The zero-order valence-electron chi connectivity index (χ0n) is 14.5. The fourth-order valence-electron chi connectivity index (χ4n) is 3.40. The number of rotatable bonds is 6. The van der Waals surface area contributed by atoms with Crippen molar-refractivity contribution in [2.75, 3.05) is 13.2 Å². The van der Waals surface area contributed by atoms with Crippen LogP contribution in [0.4, 0.5) is 0 Å². The third kappa shape index (κ3) is 3.12. The van der Waals surface area contributed by atoms with E-state index in [4.69, 9.17) is 9.47 Å². The van der Waals surface area contributed by atoms with Gasteiger partial charge in [0, 0.05) is 0 Å². The first-order chi connectivity index (χ1) is 11.0. The molecule has 1 aromatic rings. The number of hydrogen-bond acceptors (Lipinski definition) is 4. The molecule has 4 nitrogen and oxygen atoms in total. The van der Waals surface area contributed by atoms with E-state index in [1.165, 1.54) is 11.1 Å². The molecule has 0 heterocycles. The van der Waals surface area contributed by atoms with E-state index in [1.807, 2.05) is 0 Å². The number of fused-ring (bicyclic) bond motifs is 1. The highest BCUT2D eigenvalue weighted by Gasteiger charge is 2.53. The highest BCUT2D eigenvalue weighted by Crippen LogP contribution is 2.40. The molecule has 23 heavy (non-hydrogen) atoms. The van der Waals surface area contributed by atoms with Crippen LogP contribution in [0, 0.1) is 5.41 Å². The maximum Gasteiger partial charge on any atom is 0.324 e. The fraction of sp³-hybridized carbons (Fsp3) is 0.579. The largest absolute Gasteiger partial charge is 0.465 e. The molecule has 0 spiro atoms. The molecule has 1 aliphatic rings. The Morgan fingerprint density at radius 1 is 0.870 bits per heavy atom. The lowest BCUT2D eigenvalue weighted by atomic mass is 9.84. The van der Waals surface area contributed by atoms with Crippen molar-refractivity contribution in [3.63, 3.8) is 0 Å². The first-order valence-corrected chi connectivity index (χ1v) is 8.50. The van der Waals surface area contributed by atoms with Crippen molar-refractivity contribution in [2.45, 2.75) is 53.4 Å². The van der Waals surface area contributed by atoms with Crippen LogP contribution in [0.3, 0.4) is 0 Å². The first kappa shape index (κ1) is 17.5. The Kier molecular flexibility index (Phi) is 5.45. The molecule has 0 bridgehead atoms. The van der Waals surface area contributed by atoms with Crippen LogP contribution in [-0.2, 0) is 44.7 Å². The molecule has 0 saturated heterocycles. The molecule has 0 aromatic heterocycles. The van der Waals surface area contributed by atoms with E-state index in [1.54, 1.807) is 13.8 Å². The monoisotopic (exact) mass is 318 g/mol. The number of aryl methyl sites for hydroxylation is 2. The second-order valence-electron chi connectivity index (χ2n) is 5.97. The minimum atomic E-state index is -1.22. The third-order valence-electron chi connectivity index (χ3n) is 4.60. The minimum Gasteiger partial charge on any atom is -0.465 e. The summed E-state index contributed by atoms with van der Waals surface area (Å²) in [6.45, 7) is 8.28. The molecule has 2 rings (SSSR count). The number of benzene rings is 1. The van der Waals surface area contributed by atoms with Crippen LogP contribution in [0.5, 0.6) is 0 Å². The van der Waals surface area contributed by atoms with Gasteiger partial charge in [-0.05, 0) is 61.8 Å². The lowest BCUT2D eigenvalue weighted by Gasteiger charge is -2.23. The van der Waals surface area contributed by atoms with Crippen molar-refractivity contribution >= 4 is 11.9 Å². The molecule has 1 aliphatic carbocycles. The number of ether oxygens (including phenoxy) is 2. The Morgan fingerprint density at radius 2 is 1.26 bits per heavy atom. The Hall–Kier alpha value is -1.84. The number of hydrogen-bond donors (Lipinski definition) is 0. The Bertz CT molecular complexity index is 551. The number of carbonyl (C=O) groups is 2. The van der Waals surface area contributed by atoms with Gasteiger partial charge in [-0.1, -0.05) is 26.0 Å². The summed E-state index contributed by atoms with van der Waals surface area (Å²) in [5.74, 6) is -0.934. The smallest absolute Gasteiger partial charge is 0.324 e. The topological polar surface area (TPSA) is 52.6 Å². The van der Waals surface area contributed by atoms with Crippen LogP contribution in [0.1, 0.15) is 49.9 Å². The van der Waals surface area contributed by atoms with Gasteiger partial charge < -0.3 is 9.47 Å². The van der Waals surface area contributed by atoms with Gasteiger partial charge in [0.05, 0.1) is 13.2 Å². The molecule has 0 aliphatic heterocycles. The summed E-state index contributed by atoms with van der Waals surface area (Å²) in [7, 11) is 0. The van der Waals surface area contributed by atoms with E-state index in [0.717, 1.165) is 24.0 Å². The fourth-order valence-corrected chi connectivity index (χ4v) is 3.40. The van der Waals surface area contributed by atoms with Crippen molar-refractivity contribution < 1.29 is 19.1 Å². The van der Waals surface area contributed by atoms with Gasteiger partial charge >= 0.3 is 11.9 Å². The van der Waals surface area contributed by atoms with Gasteiger partial charge in [0.25, 0.3) is 0 Å². The molecular formula is C19H26O4. The second kappa shape index (κ2) is 7.16. The number of esters is 2. The van der Waals surface area contributed by atoms with Crippen LogP contribution in [0.25, 0.3) is 0 Å². The van der Waals surface area contributed by atoms with Crippen molar-refractivity contribution in [3.8, 4) is 0 Å². The second-order valence-corrected chi connectivity index (χ2v) is 5.97. The van der Waals surface area contributed by atoms with Crippen molar-refractivity contribution in [1.82, 2.24) is 0 Å². The zero-order valence-corrected chi connectivity index (χ0v) is 14.5. The standard InChI is InChI=1S/C19H26O4/c1-5-13-9-15-11-19(17(20)22-7-3,18(21)23-8-4)12-16(15)10-14(13)6-2/h9-10H,5-8,11-12H2,1-4H3. The van der Waals surface area contributed by atoms with Gasteiger partial charge in [-0.15, -0.1) is 0 Å². The highest BCUT2D eigenvalue weighted by molar-refractivity contribution is 6.01. The Morgan fingerprint density at radius 3 is 1.57 bits per heavy atom. The Labute approximate surface area is 138 Å². The van der Waals surface area contributed by atoms with Gasteiger partial charge in [0.15, 0.2) is 5.41 Å². The van der Waals surface area contributed by atoms with E-state index < -0.39 is 17.4 Å². The summed E-state index contributed by atoms with van der Waals surface area (Å²) in [4.78, 5) is 25.1. The predicted molar refractivity (Wildman–Crippen MR) is 88.3 cm³/mol. The van der Waals surface area contributed by atoms with Crippen LogP contribution in [0.2, 0.25) is 0 Å². The predicted octanol–water partition coefficient (Wildman–Crippen LogP) is 3.02. The quantitative estimate of drug-likeness (QED) is 0.597. The molecule has 0 radical (unpaired) electrons. The van der Waals surface area contributed by atoms with Crippen molar-refractivity contribution in [1.29, 1.82) is 0 Å². The van der Waals surface area contributed by atoms with Crippen LogP contribution in [-0.4, -0.2) is 25.2 Å². The highest BCUT2D eigenvalue weighted by atomic mass is 16.6. The summed E-state index contributed by atoms with van der Waals surface area (Å²) in [5, 5.41) is 0. The molecule has 0 saturated carbocycles. The minimum absolute atomic E-state index is 0.261. The van der Waals surface area contributed by atoms with Gasteiger partial charge in [0.2, 0.25) is 0 Å². The summed E-state index contributed by atoms with van der Waals surface area (Å²) >= 11 is 0. The van der Waals surface area contributed by atoms with Gasteiger partial charge in [-0.3, -0.25) is 9.59 Å². The first-order valence-electron chi connectivity index (χ1n) is 8.50. The van der Waals surface area contributed by atoms with Crippen LogP contribution < -0.4 is 0 Å². The normalized spacial score (nSPS) is 15.1. The van der Waals surface area contributed by atoms with Gasteiger partial charge in [0.1, 0.15) is 0 Å². The van der Waals surface area contributed by atoms with E-state index in [2.05, 4.69) is 26.0 Å². The van der Waals surface area contributed by atoms with Gasteiger partial charge in [-0.2, -0.15) is 0 Å². The van der Waals surface area contributed by atoms with Crippen LogP contribution in [0.15, 0.2) is 12.1 Å². The van der Waals surface area contributed by atoms with Crippen molar-refractivity contribution in [2.24, 2.45) is 5.41 Å². The molecule has 4 heteroatoms. The lowest BCUT2D eigenvalue weighted by molar-refractivity contribution is -0.171. The summed E-state index contributed by atoms with van der Waals surface area (Å²) in [5.41, 5.74) is 3.50. The van der Waals surface area contributed by atoms with E-state index >= 15 is 0 Å². The van der Waals surface area contributed by atoms with Crippen LogP contribution >= 0.6 is 0 Å². The summed E-state index contributed by atoms with van der Waals surface area (Å²) < 4.78 is 10.4. The summed E-state index contributed by atoms with van der Waals surface area (Å²) in [6, 6.07) is 4.29. The molecule has 0 amide bonds. The molecule has 0 unspecified atom stereocenters. The lowest BCUT2D eigenvalue weighted by Crippen LogP contribution is -2.43. The molecule has 0 fully saturated rings. The van der Waals surface area contributed by atoms with E-state index in [-0.39, 0.29) is 13.2 Å². The average molecular weight is 318 g/mol. The molecular weight excluding hydrogens is 292 g/mol. The number of carbonyl (C=O) groups excluding carboxylic acids is 2. The molecule has 0 atom stereocenters. The van der Waals surface area contributed by atoms with E-state index in [9.17, 15) is 9.59 Å². The maximum atomic E-state index is 12.5. The zero-order chi connectivity index (χ0) is 17.0. The molecule has 0 N–H and O–H groups in total. The SMILES string of the molecule is CCOC(=O)C1(C(=O)OCC)Cc2cc(CC)c(CC)cc2C1. The third-order valence-corrected chi connectivity index (χ3v) is 4.60.